The second-order valence-corrected chi connectivity index (χ2v) is 10.4. The van der Waals surface area contributed by atoms with Crippen molar-refractivity contribution in [2.24, 2.45) is 0 Å². The largest absolute Gasteiger partial charge is 0.315 e. The van der Waals surface area contributed by atoms with Crippen LogP contribution < -0.4 is 9.60 Å². The Morgan fingerprint density at radius 3 is 2.16 bits per heavy atom. The Bertz CT molecular complexity index is 724. The van der Waals surface area contributed by atoms with Crippen molar-refractivity contribution >= 4 is 31.2 Å². The van der Waals surface area contributed by atoms with E-state index < -0.39 is 29.5 Å². The van der Waals surface area contributed by atoms with Crippen molar-refractivity contribution in [3.63, 3.8) is 0 Å². The number of aromatic amines is 1. The van der Waals surface area contributed by atoms with Crippen molar-refractivity contribution in [2.75, 3.05) is 12.8 Å². The molecule has 0 amide bonds. The SMILES string of the molecule is Cc1[nH]c(=O)sc1S(=O)(=O)NCC(C)(C)S(C)(=O)=O. The van der Waals surface area contributed by atoms with E-state index in [1.54, 1.807) is 0 Å². The maximum absolute atomic E-state index is 12.0. The number of aromatic nitrogens is 1. The van der Waals surface area contributed by atoms with Gasteiger partial charge in [0.2, 0.25) is 0 Å². The molecule has 0 unspecified atom stereocenters. The monoisotopic (exact) mass is 328 g/mol. The van der Waals surface area contributed by atoms with Crippen LogP contribution in [0.2, 0.25) is 0 Å². The van der Waals surface area contributed by atoms with Crippen LogP contribution in [-0.2, 0) is 19.9 Å². The molecule has 1 aromatic heterocycles. The van der Waals surface area contributed by atoms with E-state index in [0.717, 1.165) is 6.26 Å². The molecule has 19 heavy (non-hydrogen) atoms. The van der Waals surface area contributed by atoms with Gasteiger partial charge >= 0.3 is 4.87 Å². The van der Waals surface area contributed by atoms with Gasteiger partial charge < -0.3 is 4.98 Å². The Morgan fingerprint density at radius 2 is 1.79 bits per heavy atom. The fourth-order valence-corrected chi connectivity index (χ4v) is 4.09. The maximum atomic E-state index is 12.0. The summed E-state index contributed by atoms with van der Waals surface area (Å²) in [5.74, 6) is 0. The zero-order valence-electron chi connectivity index (χ0n) is 11.0. The minimum Gasteiger partial charge on any atom is -0.315 e. The Labute approximate surface area is 116 Å². The second-order valence-electron chi connectivity index (χ2n) is 4.78. The van der Waals surface area contributed by atoms with Gasteiger partial charge in [0.15, 0.2) is 14.0 Å². The number of thiazole rings is 1. The molecule has 0 bridgehead atoms. The summed E-state index contributed by atoms with van der Waals surface area (Å²) in [6, 6.07) is 0. The molecular weight excluding hydrogens is 312 g/mol. The smallest absolute Gasteiger partial charge is 0.305 e. The van der Waals surface area contributed by atoms with Gasteiger partial charge in [0.05, 0.1) is 4.75 Å². The number of nitrogens with one attached hydrogen (secondary N) is 2. The van der Waals surface area contributed by atoms with Crippen LogP contribution in [0.1, 0.15) is 19.5 Å². The number of sulfonamides is 1. The third kappa shape index (κ3) is 3.65. The lowest BCUT2D eigenvalue weighted by Crippen LogP contribution is -2.43. The normalized spacial score (nSPS) is 13.7. The second kappa shape index (κ2) is 5.00. The van der Waals surface area contributed by atoms with Crippen molar-refractivity contribution in [3.8, 4) is 0 Å². The molecule has 10 heteroatoms. The third-order valence-corrected chi connectivity index (χ3v) is 7.87. The molecular formula is C9H16N2O5S3. The lowest BCUT2D eigenvalue weighted by molar-refractivity contribution is 0.537. The number of hydrogen-bond donors (Lipinski definition) is 2. The predicted octanol–water partition coefficient (Wildman–Crippen LogP) is -0.154. The molecule has 2 N–H and O–H groups in total. The van der Waals surface area contributed by atoms with Gasteiger partial charge in [-0.15, -0.1) is 0 Å². The number of hydrogen-bond acceptors (Lipinski definition) is 6. The van der Waals surface area contributed by atoms with E-state index in [0.29, 0.717) is 11.3 Å². The van der Waals surface area contributed by atoms with Gasteiger partial charge in [0, 0.05) is 18.5 Å². The first kappa shape index (κ1) is 16.3. The van der Waals surface area contributed by atoms with Crippen molar-refractivity contribution in [3.05, 3.63) is 15.4 Å². The molecule has 0 saturated carbocycles. The van der Waals surface area contributed by atoms with Crippen LogP contribution in [-0.4, -0.2) is 39.4 Å². The summed E-state index contributed by atoms with van der Waals surface area (Å²) in [5, 5.41) is 0. The molecule has 0 radical (unpaired) electrons. The minimum absolute atomic E-state index is 0.123. The highest BCUT2D eigenvalue weighted by Crippen LogP contribution is 2.18. The molecule has 0 atom stereocenters. The van der Waals surface area contributed by atoms with Crippen LogP contribution in [0.25, 0.3) is 0 Å². The molecule has 1 aromatic rings. The molecule has 0 aliphatic carbocycles. The van der Waals surface area contributed by atoms with Gasteiger partial charge in [-0.05, 0) is 20.8 Å². The minimum atomic E-state index is -3.89. The van der Waals surface area contributed by atoms with E-state index >= 15 is 0 Å². The molecule has 0 spiro atoms. The fourth-order valence-electron chi connectivity index (χ4n) is 1.11. The molecule has 0 aromatic carbocycles. The van der Waals surface area contributed by atoms with E-state index in [1.165, 1.54) is 20.8 Å². The summed E-state index contributed by atoms with van der Waals surface area (Å²) in [6.45, 7) is 4.06. The number of H-pyrrole nitrogens is 1. The van der Waals surface area contributed by atoms with Crippen LogP contribution in [0, 0.1) is 6.92 Å². The van der Waals surface area contributed by atoms with Crippen molar-refractivity contribution < 1.29 is 16.8 Å². The standard InChI is InChI=1S/C9H16N2O5S3/c1-6-7(17-8(12)11-6)19(15,16)10-5-9(2,3)18(4,13)14/h10H,5H2,1-4H3,(H,11,12). The van der Waals surface area contributed by atoms with Crippen LogP contribution in [0.4, 0.5) is 0 Å². The van der Waals surface area contributed by atoms with E-state index in [4.69, 9.17) is 0 Å². The number of aryl methyl sites for hydroxylation is 1. The lowest BCUT2D eigenvalue weighted by Gasteiger charge is -2.22. The average Bonchev–Trinajstić information content (AvgIpc) is 2.54. The zero-order valence-corrected chi connectivity index (χ0v) is 13.4. The van der Waals surface area contributed by atoms with Gasteiger partial charge in [-0.1, -0.05) is 11.3 Å². The predicted molar refractivity (Wildman–Crippen MR) is 73.8 cm³/mol. The molecule has 7 nitrogen and oxygen atoms in total. The van der Waals surface area contributed by atoms with E-state index in [-0.39, 0.29) is 16.4 Å². The lowest BCUT2D eigenvalue weighted by atomic mass is 10.2. The van der Waals surface area contributed by atoms with Gasteiger partial charge in [0.25, 0.3) is 10.0 Å². The van der Waals surface area contributed by atoms with E-state index in [2.05, 4.69) is 9.71 Å². The Morgan fingerprint density at radius 1 is 1.26 bits per heavy atom. The van der Waals surface area contributed by atoms with Crippen LogP contribution in [0.5, 0.6) is 0 Å². The quantitative estimate of drug-likeness (QED) is 0.780. The maximum Gasteiger partial charge on any atom is 0.305 e. The molecule has 0 fully saturated rings. The summed E-state index contributed by atoms with van der Waals surface area (Å²) < 4.78 is 47.8. The zero-order chi connectivity index (χ0) is 15.1. The summed E-state index contributed by atoms with van der Waals surface area (Å²) in [7, 11) is -7.30. The van der Waals surface area contributed by atoms with Crippen molar-refractivity contribution in [1.82, 2.24) is 9.71 Å². The van der Waals surface area contributed by atoms with Gasteiger partial charge in [-0.25, -0.2) is 21.6 Å². The summed E-state index contributed by atoms with van der Waals surface area (Å²) >= 11 is 0.568. The molecule has 0 aliphatic heterocycles. The number of sulfone groups is 1. The van der Waals surface area contributed by atoms with Crippen LogP contribution in [0.3, 0.4) is 0 Å². The molecule has 1 rings (SSSR count). The summed E-state index contributed by atoms with van der Waals surface area (Å²) in [4.78, 5) is 13.0. The van der Waals surface area contributed by atoms with Crippen molar-refractivity contribution in [1.29, 1.82) is 0 Å². The van der Waals surface area contributed by atoms with Gasteiger partial charge in [-0.2, -0.15) is 0 Å². The van der Waals surface area contributed by atoms with Gasteiger partial charge in [0.1, 0.15) is 0 Å². The first-order valence-corrected chi connectivity index (χ1v) is 9.45. The molecule has 0 saturated heterocycles. The highest BCUT2D eigenvalue weighted by Gasteiger charge is 2.32. The Kier molecular flexibility index (Phi) is 4.30. The summed E-state index contributed by atoms with van der Waals surface area (Å²) in [5.41, 5.74) is 0.236. The first-order chi connectivity index (χ1) is 8.37. The van der Waals surface area contributed by atoms with Crippen LogP contribution >= 0.6 is 11.3 Å². The highest BCUT2D eigenvalue weighted by molar-refractivity contribution is 7.92. The molecule has 0 aliphatic rings. The Balaban J connectivity index is 3.01. The van der Waals surface area contributed by atoms with E-state index in [1.807, 2.05) is 0 Å². The average molecular weight is 328 g/mol. The number of rotatable bonds is 5. The fraction of sp³-hybridized carbons (Fsp3) is 0.667. The summed E-state index contributed by atoms with van der Waals surface area (Å²) in [6.07, 6.45) is 1.04. The first-order valence-electron chi connectivity index (χ1n) is 5.26. The van der Waals surface area contributed by atoms with Crippen molar-refractivity contribution in [2.45, 2.75) is 29.7 Å². The van der Waals surface area contributed by atoms with Gasteiger partial charge in [-0.3, -0.25) is 4.79 Å². The Hall–Kier alpha value is -0.710. The molecule has 1 heterocycles. The third-order valence-electron chi connectivity index (χ3n) is 2.72. The highest BCUT2D eigenvalue weighted by atomic mass is 32.2. The molecule has 110 valence electrons. The topological polar surface area (TPSA) is 113 Å². The van der Waals surface area contributed by atoms with Crippen LogP contribution in [0.15, 0.2) is 9.00 Å². The van der Waals surface area contributed by atoms with E-state index in [9.17, 15) is 21.6 Å².